The van der Waals surface area contributed by atoms with E-state index in [0.29, 0.717) is 17.9 Å². The van der Waals surface area contributed by atoms with Crippen molar-refractivity contribution in [2.24, 2.45) is 5.92 Å². The molecular formula is C14H13NO5. The maximum absolute atomic E-state index is 12.0. The highest BCUT2D eigenvalue weighted by Gasteiger charge is 2.36. The predicted molar refractivity (Wildman–Crippen MR) is 69.6 cm³/mol. The Morgan fingerprint density at radius 1 is 1.25 bits per heavy atom. The Balaban J connectivity index is 1.86. The van der Waals surface area contributed by atoms with Crippen molar-refractivity contribution in [3.05, 3.63) is 46.0 Å². The monoisotopic (exact) mass is 275 g/mol. The van der Waals surface area contributed by atoms with Crippen LogP contribution >= 0.6 is 0 Å². The van der Waals surface area contributed by atoms with Crippen molar-refractivity contribution in [1.82, 2.24) is 0 Å². The van der Waals surface area contributed by atoms with Crippen LogP contribution in [-0.2, 0) is 14.3 Å². The minimum Gasteiger partial charge on any atom is -0.463 e. The van der Waals surface area contributed by atoms with Crippen LogP contribution in [0.5, 0.6) is 0 Å². The predicted octanol–water partition coefficient (Wildman–Crippen LogP) is 2.29. The number of non-ortho nitro benzene ring substituents is 1. The van der Waals surface area contributed by atoms with E-state index in [-0.39, 0.29) is 17.4 Å². The molecule has 1 aromatic rings. The fraction of sp³-hybridized carbons (Fsp3) is 0.357. The van der Waals surface area contributed by atoms with E-state index >= 15 is 0 Å². The maximum Gasteiger partial charge on any atom is 0.269 e. The number of nitro groups is 1. The normalized spacial score (nSPS) is 25.4. The third kappa shape index (κ3) is 2.30. The molecule has 0 spiro atoms. The fourth-order valence-corrected chi connectivity index (χ4v) is 2.44. The molecule has 2 heterocycles. The van der Waals surface area contributed by atoms with Gasteiger partial charge in [-0.15, -0.1) is 0 Å². The van der Waals surface area contributed by atoms with Gasteiger partial charge in [0.25, 0.3) is 5.69 Å². The molecule has 0 unspecified atom stereocenters. The third-order valence-corrected chi connectivity index (χ3v) is 3.51. The molecule has 0 radical (unpaired) electrons. The summed E-state index contributed by atoms with van der Waals surface area (Å²) in [5.74, 6) is 0.174. The second-order valence-electron chi connectivity index (χ2n) is 4.82. The number of ether oxygens (including phenoxy) is 2. The molecular weight excluding hydrogens is 262 g/mol. The lowest BCUT2D eigenvalue weighted by Crippen LogP contribution is -2.38. The van der Waals surface area contributed by atoms with Crippen molar-refractivity contribution < 1.29 is 19.2 Å². The van der Waals surface area contributed by atoms with E-state index in [1.807, 2.05) is 0 Å². The van der Waals surface area contributed by atoms with Gasteiger partial charge in [0.1, 0.15) is 5.76 Å². The van der Waals surface area contributed by atoms with Crippen LogP contribution in [0.3, 0.4) is 0 Å². The standard InChI is InChI=1S/C14H13NO5/c16-12-8-13(20-14-11(12)2-1-7-19-14)9-3-5-10(6-4-9)15(17)18/h3-6,8,11,14H,1-2,7H2/t11-,14+/m0/s1. The van der Waals surface area contributed by atoms with Gasteiger partial charge >= 0.3 is 0 Å². The van der Waals surface area contributed by atoms with Crippen molar-refractivity contribution >= 4 is 17.2 Å². The Hall–Kier alpha value is -2.21. The van der Waals surface area contributed by atoms with Crippen LogP contribution in [0.4, 0.5) is 5.69 Å². The quantitative estimate of drug-likeness (QED) is 0.611. The molecule has 0 aromatic heterocycles. The Morgan fingerprint density at radius 3 is 2.70 bits per heavy atom. The van der Waals surface area contributed by atoms with E-state index in [9.17, 15) is 14.9 Å². The number of hydrogen-bond donors (Lipinski definition) is 0. The maximum atomic E-state index is 12.0. The number of carbonyl (C=O) groups excluding carboxylic acids is 1. The van der Waals surface area contributed by atoms with E-state index in [2.05, 4.69) is 0 Å². The lowest BCUT2D eigenvalue weighted by molar-refractivity contribution is -0.384. The molecule has 20 heavy (non-hydrogen) atoms. The molecule has 3 rings (SSSR count). The van der Waals surface area contributed by atoms with Gasteiger partial charge < -0.3 is 9.47 Å². The van der Waals surface area contributed by atoms with Crippen molar-refractivity contribution in [3.63, 3.8) is 0 Å². The second-order valence-corrected chi connectivity index (χ2v) is 4.82. The molecule has 1 aromatic carbocycles. The van der Waals surface area contributed by atoms with Crippen LogP contribution in [0.2, 0.25) is 0 Å². The molecule has 0 N–H and O–H groups in total. The van der Waals surface area contributed by atoms with E-state index in [1.165, 1.54) is 18.2 Å². The molecule has 0 bridgehead atoms. The highest BCUT2D eigenvalue weighted by Crippen LogP contribution is 2.33. The van der Waals surface area contributed by atoms with Crippen LogP contribution in [0.25, 0.3) is 5.76 Å². The summed E-state index contributed by atoms with van der Waals surface area (Å²) < 4.78 is 11.2. The van der Waals surface area contributed by atoms with Gasteiger partial charge in [0, 0.05) is 23.8 Å². The van der Waals surface area contributed by atoms with Crippen molar-refractivity contribution in [2.45, 2.75) is 19.1 Å². The summed E-state index contributed by atoms with van der Waals surface area (Å²) >= 11 is 0. The van der Waals surface area contributed by atoms with E-state index in [1.54, 1.807) is 12.1 Å². The number of carbonyl (C=O) groups is 1. The molecule has 2 aliphatic heterocycles. The first-order valence-electron chi connectivity index (χ1n) is 6.44. The van der Waals surface area contributed by atoms with E-state index in [4.69, 9.17) is 9.47 Å². The minimum atomic E-state index is -0.536. The van der Waals surface area contributed by atoms with Gasteiger partial charge in [0.2, 0.25) is 6.29 Å². The topological polar surface area (TPSA) is 78.7 Å². The molecule has 6 nitrogen and oxygen atoms in total. The number of allylic oxidation sites excluding steroid dienone is 1. The van der Waals surface area contributed by atoms with Crippen molar-refractivity contribution in [2.75, 3.05) is 6.61 Å². The molecule has 6 heteroatoms. The number of rotatable bonds is 2. The Labute approximate surface area is 115 Å². The van der Waals surface area contributed by atoms with E-state index < -0.39 is 11.2 Å². The van der Waals surface area contributed by atoms with E-state index in [0.717, 1.165) is 12.8 Å². The summed E-state index contributed by atoms with van der Waals surface area (Å²) in [6, 6.07) is 5.91. The molecule has 1 fully saturated rings. The van der Waals surface area contributed by atoms with Crippen molar-refractivity contribution in [3.8, 4) is 0 Å². The number of ketones is 1. The highest BCUT2D eigenvalue weighted by molar-refractivity contribution is 5.98. The average Bonchev–Trinajstić information content (AvgIpc) is 2.47. The molecule has 1 saturated heterocycles. The van der Waals surface area contributed by atoms with Crippen LogP contribution in [0.1, 0.15) is 18.4 Å². The second kappa shape index (κ2) is 5.05. The first-order chi connectivity index (χ1) is 9.65. The first-order valence-corrected chi connectivity index (χ1v) is 6.44. The third-order valence-electron chi connectivity index (χ3n) is 3.51. The zero-order valence-corrected chi connectivity index (χ0v) is 10.7. The Morgan fingerprint density at radius 2 is 2.00 bits per heavy atom. The van der Waals surface area contributed by atoms with Crippen LogP contribution in [0, 0.1) is 16.0 Å². The molecule has 2 aliphatic rings. The largest absolute Gasteiger partial charge is 0.463 e. The Kier molecular flexibility index (Phi) is 3.23. The molecule has 104 valence electrons. The minimum absolute atomic E-state index is 0.00304. The van der Waals surface area contributed by atoms with Gasteiger partial charge in [-0.2, -0.15) is 0 Å². The van der Waals surface area contributed by atoms with Gasteiger partial charge in [0.15, 0.2) is 5.78 Å². The molecule has 0 saturated carbocycles. The van der Waals surface area contributed by atoms with Gasteiger partial charge in [-0.1, -0.05) is 0 Å². The fourth-order valence-electron chi connectivity index (χ4n) is 2.44. The Bertz CT molecular complexity index is 578. The summed E-state index contributed by atoms with van der Waals surface area (Å²) in [4.78, 5) is 22.2. The summed E-state index contributed by atoms with van der Waals surface area (Å²) in [6.45, 7) is 0.585. The number of nitrogens with zero attached hydrogens (tertiary/aromatic N) is 1. The van der Waals surface area contributed by atoms with Crippen LogP contribution < -0.4 is 0 Å². The molecule has 0 amide bonds. The zero-order chi connectivity index (χ0) is 14.1. The van der Waals surface area contributed by atoms with Gasteiger partial charge in [0.05, 0.1) is 17.4 Å². The SMILES string of the molecule is O=C1C=C(c2ccc([N+](=O)[O-])cc2)O[C@H]2OCCC[C@@H]12. The summed E-state index contributed by atoms with van der Waals surface area (Å²) in [5, 5.41) is 10.6. The van der Waals surface area contributed by atoms with Gasteiger partial charge in [-0.25, -0.2) is 0 Å². The lowest BCUT2D eigenvalue weighted by Gasteiger charge is -2.34. The van der Waals surface area contributed by atoms with Crippen LogP contribution in [0.15, 0.2) is 30.3 Å². The highest BCUT2D eigenvalue weighted by atomic mass is 16.7. The smallest absolute Gasteiger partial charge is 0.269 e. The lowest BCUT2D eigenvalue weighted by atomic mass is 9.92. The number of nitro benzene ring substituents is 1. The first kappa shape index (κ1) is 12.8. The average molecular weight is 275 g/mol. The van der Waals surface area contributed by atoms with Gasteiger partial charge in [-0.05, 0) is 25.0 Å². The summed E-state index contributed by atoms with van der Waals surface area (Å²) in [5.41, 5.74) is 0.639. The van der Waals surface area contributed by atoms with Crippen molar-refractivity contribution in [1.29, 1.82) is 0 Å². The number of benzene rings is 1. The number of hydrogen-bond acceptors (Lipinski definition) is 5. The zero-order valence-electron chi connectivity index (χ0n) is 10.7. The number of fused-ring (bicyclic) bond motifs is 1. The molecule has 2 atom stereocenters. The van der Waals surface area contributed by atoms with Gasteiger partial charge in [-0.3, -0.25) is 14.9 Å². The van der Waals surface area contributed by atoms with Crippen LogP contribution in [-0.4, -0.2) is 23.6 Å². The summed E-state index contributed by atoms with van der Waals surface area (Å²) in [7, 11) is 0. The molecule has 0 aliphatic carbocycles. The summed E-state index contributed by atoms with van der Waals surface area (Å²) in [6.07, 6.45) is 2.55.